The number of rotatable bonds is 5. The van der Waals surface area contributed by atoms with Gasteiger partial charge < -0.3 is 16.0 Å². The normalized spacial score (nSPS) is 11.8. The smallest absolute Gasteiger partial charge is 0.236 e. The van der Waals surface area contributed by atoms with Crippen LogP contribution in [0.1, 0.15) is 18.1 Å². The van der Waals surface area contributed by atoms with Crippen LogP contribution in [0.15, 0.2) is 24.3 Å². The van der Waals surface area contributed by atoms with Gasteiger partial charge in [0.05, 0.1) is 6.04 Å². The molecular formula is C13H22ClN3O. The molecule has 0 spiro atoms. The summed E-state index contributed by atoms with van der Waals surface area (Å²) in [5.41, 5.74) is 7.86. The zero-order valence-electron chi connectivity index (χ0n) is 11.1. The molecule has 1 aromatic carbocycles. The molecule has 102 valence electrons. The van der Waals surface area contributed by atoms with Gasteiger partial charge in [-0.2, -0.15) is 0 Å². The van der Waals surface area contributed by atoms with Crippen LogP contribution in [-0.2, 0) is 17.9 Å². The van der Waals surface area contributed by atoms with E-state index in [0.717, 1.165) is 12.1 Å². The predicted molar refractivity (Wildman–Crippen MR) is 76.6 cm³/mol. The van der Waals surface area contributed by atoms with Crippen molar-refractivity contribution in [2.45, 2.75) is 26.1 Å². The number of hydrogen-bond acceptors (Lipinski definition) is 3. The highest BCUT2D eigenvalue weighted by Crippen LogP contribution is 2.10. The summed E-state index contributed by atoms with van der Waals surface area (Å²) in [5.74, 6) is -0.121. The number of hydrogen-bond donors (Lipinski definition) is 2. The Hall–Kier alpha value is -1.10. The number of benzene rings is 1. The number of carbonyl (C=O) groups excluding carboxylic acids is 1. The van der Waals surface area contributed by atoms with Crippen molar-refractivity contribution < 1.29 is 4.79 Å². The third-order valence-electron chi connectivity index (χ3n) is 2.47. The van der Waals surface area contributed by atoms with Gasteiger partial charge in [0.25, 0.3) is 0 Å². The molecule has 1 atom stereocenters. The van der Waals surface area contributed by atoms with E-state index in [1.54, 1.807) is 6.92 Å². The first-order valence-corrected chi connectivity index (χ1v) is 5.75. The number of halogens is 1. The number of nitrogens with one attached hydrogen (secondary N) is 1. The summed E-state index contributed by atoms with van der Waals surface area (Å²) in [6, 6.07) is 7.63. The molecule has 0 saturated carbocycles. The molecule has 1 unspecified atom stereocenters. The van der Waals surface area contributed by atoms with Crippen molar-refractivity contribution in [1.29, 1.82) is 0 Å². The molecule has 0 aliphatic heterocycles. The van der Waals surface area contributed by atoms with E-state index in [-0.39, 0.29) is 18.3 Å². The van der Waals surface area contributed by atoms with E-state index in [0.29, 0.717) is 6.54 Å². The average molecular weight is 272 g/mol. The van der Waals surface area contributed by atoms with E-state index in [9.17, 15) is 4.79 Å². The monoisotopic (exact) mass is 271 g/mol. The van der Waals surface area contributed by atoms with E-state index in [1.807, 2.05) is 32.3 Å². The van der Waals surface area contributed by atoms with Crippen LogP contribution in [0.3, 0.4) is 0 Å². The fourth-order valence-corrected chi connectivity index (χ4v) is 1.57. The van der Waals surface area contributed by atoms with Crippen LogP contribution in [0, 0.1) is 0 Å². The van der Waals surface area contributed by atoms with Gasteiger partial charge in [0.15, 0.2) is 0 Å². The fraction of sp³-hybridized carbons (Fsp3) is 0.462. The van der Waals surface area contributed by atoms with Crippen LogP contribution in [0.2, 0.25) is 0 Å². The Labute approximate surface area is 115 Å². The second kappa shape index (κ2) is 8.08. The van der Waals surface area contributed by atoms with Crippen LogP contribution in [0.4, 0.5) is 0 Å². The minimum Gasteiger partial charge on any atom is -0.351 e. The zero-order chi connectivity index (χ0) is 12.8. The summed E-state index contributed by atoms with van der Waals surface area (Å²) in [6.45, 7) is 3.08. The molecule has 4 nitrogen and oxygen atoms in total. The Kier molecular flexibility index (Phi) is 7.59. The lowest BCUT2D eigenvalue weighted by Crippen LogP contribution is -2.38. The summed E-state index contributed by atoms with van der Waals surface area (Å²) < 4.78 is 0. The van der Waals surface area contributed by atoms with E-state index in [2.05, 4.69) is 16.3 Å². The van der Waals surface area contributed by atoms with Gasteiger partial charge in [0.2, 0.25) is 5.91 Å². The molecule has 18 heavy (non-hydrogen) atoms. The molecule has 1 amide bonds. The van der Waals surface area contributed by atoms with Crippen molar-refractivity contribution in [2.75, 3.05) is 14.1 Å². The molecule has 0 aromatic heterocycles. The highest BCUT2D eigenvalue weighted by molar-refractivity contribution is 5.85. The SMILES string of the molecule is CC(N)C(=O)NCc1ccccc1CN(C)C.Cl. The lowest BCUT2D eigenvalue weighted by Gasteiger charge is -2.15. The summed E-state index contributed by atoms with van der Waals surface area (Å²) in [6.07, 6.45) is 0. The van der Waals surface area contributed by atoms with Crippen molar-refractivity contribution in [3.63, 3.8) is 0 Å². The molecule has 0 radical (unpaired) electrons. The van der Waals surface area contributed by atoms with Crippen molar-refractivity contribution in [3.05, 3.63) is 35.4 Å². The van der Waals surface area contributed by atoms with Crippen molar-refractivity contribution in [3.8, 4) is 0 Å². The van der Waals surface area contributed by atoms with Crippen LogP contribution < -0.4 is 11.1 Å². The van der Waals surface area contributed by atoms with Gasteiger partial charge in [-0.05, 0) is 32.1 Å². The topological polar surface area (TPSA) is 58.4 Å². The molecule has 0 aliphatic rings. The van der Waals surface area contributed by atoms with Crippen molar-refractivity contribution in [1.82, 2.24) is 10.2 Å². The number of nitrogens with two attached hydrogens (primary N) is 1. The highest BCUT2D eigenvalue weighted by Gasteiger charge is 2.08. The van der Waals surface area contributed by atoms with Gasteiger partial charge in [-0.15, -0.1) is 12.4 Å². The first-order chi connectivity index (χ1) is 8.00. The second-order valence-corrected chi connectivity index (χ2v) is 4.51. The van der Waals surface area contributed by atoms with Crippen LogP contribution in [0.5, 0.6) is 0 Å². The van der Waals surface area contributed by atoms with E-state index < -0.39 is 6.04 Å². The molecule has 0 bridgehead atoms. The molecule has 3 N–H and O–H groups in total. The Bertz CT molecular complexity index is 380. The van der Waals surface area contributed by atoms with Gasteiger partial charge in [-0.1, -0.05) is 24.3 Å². The van der Waals surface area contributed by atoms with Gasteiger partial charge in [-0.25, -0.2) is 0 Å². The van der Waals surface area contributed by atoms with Crippen molar-refractivity contribution >= 4 is 18.3 Å². The van der Waals surface area contributed by atoms with E-state index in [1.165, 1.54) is 5.56 Å². The molecule has 1 aromatic rings. The van der Waals surface area contributed by atoms with Gasteiger partial charge in [-0.3, -0.25) is 4.79 Å². The summed E-state index contributed by atoms with van der Waals surface area (Å²) in [7, 11) is 4.05. The maximum absolute atomic E-state index is 11.4. The summed E-state index contributed by atoms with van der Waals surface area (Å²) in [5, 5.41) is 2.83. The lowest BCUT2D eigenvalue weighted by molar-refractivity contribution is -0.122. The Morgan fingerprint density at radius 3 is 2.39 bits per heavy atom. The molecular weight excluding hydrogens is 250 g/mol. The maximum atomic E-state index is 11.4. The first-order valence-electron chi connectivity index (χ1n) is 5.75. The number of nitrogens with zero attached hydrogens (tertiary/aromatic N) is 1. The first kappa shape index (κ1) is 16.9. The molecule has 0 fully saturated rings. The predicted octanol–water partition coefficient (Wildman–Crippen LogP) is 1.13. The maximum Gasteiger partial charge on any atom is 0.236 e. The van der Waals surface area contributed by atoms with Gasteiger partial charge in [0.1, 0.15) is 0 Å². The van der Waals surface area contributed by atoms with Crippen LogP contribution >= 0.6 is 12.4 Å². The molecule has 0 aliphatic carbocycles. The number of carbonyl (C=O) groups is 1. The minimum absolute atomic E-state index is 0. The second-order valence-electron chi connectivity index (χ2n) is 4.51. The lowest BCUT2D eigenvalue weighted by atomic mass is 10.1. The molecule has 0 heterocycles. The van der Waals surface area contributed by atoms with E-state index in [4.69, 9.17) is 5.73 Å². The standard InChI is InChI=1S/C13H21N3O.ClH/c1-10(14)13(17)15-8-11-6-4-5-7-12(11)9-16(2)3;/h4-7,10H,8-9,14H2,1-3H3,(H,15,17);1H. The van der Waals surface area contributed by atoms with Crippen LogP contribution in [0.25, 0.3) is 0 Å². The number of amides is 1. The summed E-state index contributed by atoms with van der Waals surface area (Å²) in [4.78, 5) is 13.5. The Morgan fingerprint density at radius 2 is 1.89 bits per heavy atom. The van der Waals surface area contributed by atoms with Gasteiger partial charge in [0, 0.05) is 13.1 Å². The molecule has 0 saturated heterocycles. The van der Waals surface area contributed by atoms with Crippen molar-refractivity contribution in [2.24, 2.45) is 5.73 Å². The Morgan fingerprint density at radius 1 is 1.33 bits per heavy atom. The molecule has 1 rings (SSSR count). The fourth-order valence-electron chi connectivity index (χ4n) is 1.57. The van der Waals surface area contributed by atoms with Crippen LogP contribution in [-0.4, -0.2) is 30.9 Å². The van der Waals surface area contributed by atoms with Gasteiger partial charge >= 0.3 is 0 Å². The molecule has 5 heteroatoms. The third-order valence-corrected chi connectivity index (χ3v) is 2.47. The third kappa shape index (κ3) is 5.49. The summed E-state index contributed by atoms with van der Waals surface area (Å²) >= 11 is 0. The average Bonchev–Trinajstić information content (AvgIpc) is 2.26. The highest BCUT2D eigenvalue weighted by atomic mass is 35.5. The Balaban J connectivity index is 0.00000289. The largest absolute Gasteiger partial charge is 0.351 e. The quantitative estimate of drug-likeness (QED) is 0.844. The zero-order valence-corrected chi connectivity index (χ0v) is 12.0. The van der Waals surface area contributed by atoms with E-state index >= 15 is 0 Å². The minimum atomic E-state index is -0.462.